The van der Waals surface area contributed by atoms with Crippen LogP contribution in [0, 0.1) is 24.7 Å². The zero-order chi connectivity index (χ0) is 13.4. The Morgan fingerprint density at radius 3 is 2.84 bits per heavy atom. The van der Waals surface area contributed by atoms with Gasteiger partial charge >= 0.3 is 0 Å². The number of pyridine rings is 1. The fourth-order valence-corrected chi connectivity index (χ4v) is 3.96. The Morgan fingerprint density at radius 1 is 1.37 bits per heavy atom. The maximum Gasteiger partial charge on any atom is 0.270 e. The topological polar surface area (TPSA) is 42.0 Å². The van der Waals surface area contributed by atoms with E-state index in [0.717, 1.165) is 17.5 Å². The summed E-state index contributed by atoms with van der Waals surface area (Å²) >= 11 is 0. The van der Waals surface area contributed by atoms with Crippen molar-refractivity contribution < 1.29 is 4.79 Å². The molecular formula is C16H22N2O. The number of carbonyl (C=O) groups excluding carboxylic acids is 1. The van der Waals surface area contributed by atoms with Gasteiger partial charge in [-0.2, -0.15) is 0 Å². The van der Waals surface area contributed by atoms with Gasteiger partial charge in [0.2, 0.25) is 0 Å². The smallest absolute Gasteiger partial charge is 0.270 e. The summed E-state index contributed by atoms with van der Waals surface area (Å²) < 4.78 is 0. The van der Waals surface area contributed by atoms with E-state index in [1.165, 1.54) is 25.7 Å². The summed E-state index contributed by atoms with van der Waals surface area (Å²) in [6.45, 7) is 4.06. The summed E-state index contributed by atoms with van der Waals surface area (Å²) in [7, 11) is 0. The van der Waals surface area contributed by atoms with Crippen molar-refractivity contribution in [2.75, 3.05) is 0 Å². The largest absolute Gasteiger partial charge is 0.348 e. The van der Waals surface area contributed by atoms with Crippen molar-refractivity contribution in [2.45, 2.75) is 45.6 Å². The summed E-state index contributed by atoms with van der Waals surface area (Å²) in [6, 6.07) is 5.86. The van der Waals surface area contributed by atoms with Crippen molar-refractivity contribution in [3.05, 3.63) is 29.6 Å². The van der Waals surface area contributed by atoms with Crippen molar-refractivity contribution >= 4 is 5.91 Å². The molecule has 19 heavy (non-hydrogen) atoms. The van der Waals surface area contributed by atoms with Gasteiger partial charge in [0.05, 0.1) is 0 Å². The third kappa shape index (κ3) is 2.51. The first-order valence-electron chi connectivity index (χ1n) is 7.38. The molecule has 2 fully saturated rings. The summed E-state index contributed by atoms with van der Waals surface area (Å²) in [5.41, 5.74) is 1.43. The number of nitrogens with one attached hydrogen (secondary N) is 1. The molecule has 4 atom stereocenters. The molecule has 1 heterocycles. The number of aryl methyl sites for hydroxylation is 1. The lowest BCUT2D eigenvalue weighted by Crippen LogP contribution is -2.40. The molecule has 0 radical (unpaired) electrons. The molecule has 0 spiro atoms. The molecule has 2 bridgehead atoms. The minimum Gasteiger partial charge on any atom is -0.348 e. The summed E-state index contributed by atoms with van der Waals surface area (Å²) in [5.74, 6) is 2.41. The van der Waals surface area contributed by atoms with E-state index in [2.05, 4.69) is 17.2 Å². The third-order valence-corrected chi connectivity index (χ3v) is 4.91. The Morgan fingerprint density at radius 2 is 2.21 bits per heavy atom. The van der Waals surface area contributed by atoms with Crippen molar-refractivity contribution in [1.82, 2.24) is 10.3 Å². The highest BCUT2D eigenvalue weighted by atomic mass is 16.1. The van der Waals surface area contributed by atoms with Crippen LogP contribution in [0.2, 0.25) is 0 Å². The Bertz CT molecular complexity index is 485. The number of nitrogens with zero attached hydrogens (tertiary/aromatic N) is 1. The number of hydrogen-bond acceptors (Lipinski definition) is 2. The van der Waals surface area contributed by atoms with Crippen molar-refractivity contribution in [2.24, 2.45) is 17.8 Å². The Balaban J connectivity index is 1.63. The van der Waals surface area contributed by atoms with Crippen molar-refractivity contribution in [3.8, 4) is 0 Å². The first-order chi connectivity index (χ1) is 9.13. The molecule has 3 heteroatoms. The molecule has 1 amide bonds. The van der Waals surface area contributed by atoms with Crippen LogP contribution in [0.3, 0.4) is 0 Å². The molecule has 2 saturated carbocycles. The van der Waals surface area contributed by atoms with Gasteiger partial charge in [-0.3, -0.25) is 4.79 Å². The molecule has 1 aromatic rings. The van der Waals surface area contributed by atoms with Crippen molar-refractivity contribution in [1.29, 1.82) is 0 Å². The molecule has 0 saturated heterocycles. The maximum atomic E-state index is 12.2. The first kappa shape index (κ1) is 12.6. The fraction of sp³-hybridized carbons (Fsp3) is 0.625. The lowest BCUT2D eigenvalue weighted by Gasteiger charge is -2.28. The van der Waals surface area contributed by atoms with Crippen LogP contribution in [0.5, 0.6) is 0 Å². The van der Waals surface area contributed by atoms with Crippen molar-refractivity contribution in [3.63, 3.8) is 0 Å². The minimum absolute atomic E-state index is 0.0287. The van der Waals surface area contributed by atoms with E-state index in [1.807, 2.05) is 19.1 Å². The molecule has 1 N–H and O–H groups in total. The Hall–Kier alpha value is -1.38. The van der Waals surface area contributed by atoms with Crippen LogP contribution in [0.1, 0.15) is 48.8 Å². The zero-order valence-electron chi connectivity index (χ0n) is 11.7. The van der Waals surface area contributed by atoms with Crippen LogP contribution in [-0.4, -0.2) is 16.9 Å². The first-order valence-corrected chi connectivity index (χ1v) is 7.38. The van der Waals surface area contributed by atoms with E-state index in [1.54, 1.807) is 6.07 Å². The molecular weight excluding hydrogens is 236 g/mol. The monoisotopic (exact) mass is 258 g/mol. The van der Waals surface area contributed by atoms with Gasteiger partial charge in [0.15, 0.2) is 0 Å². The summed E-state index contributed by atoms with van der Waals surface area (Å²) in [4.78, 5) is 16.5. The second-order valence-electron chi connectivity index (χ2n) is 6.27. The number of fused-ring (bicyclic) bond motifs is 2. The van der Waals surface area contributed by atoms with Crippen LogP contribution in [0.15, 0.2) is 18.2 Å². The van der Waals surface area contributed by atoms with E-state index in [9.17, 15) is 4.79 Å². The lowest BCUT2D eigenvalue weighted by atomic mass is 9.84. The summed E-state index contributed by atoms with van der Waals surface area (Å²) in [5, 5.41) is 3.15. The summed E-state index contributed by atoms with van der Waals surface area (Å²) in [6.07, 6.45) is 5.44. The SMILES string of the molecule is Cc1cccc(C(=O)NC(C)C2CC3CCC2C3)n1. The second kappa shape index (κ2) is 4.95. The highest BCUT2D eigenvalue weighted by molar-refractivity contribution is 5.92. The second-order valence-corrected chi connectivity index (χ2v) is 6.27. The normalized spacial score (nSPS) is 30.3. The average molecular weight is 258 g/mol. The predicted molar refractivity (Wildman–Crippen MR) is 74.8 cm³/mol. The predicted octanol–water partition coefficient (Wildman–Crippen LogP) is 2.94. The molecule has 102 valence electrons. The van der Waals surface area contributed by atoms with Gasteiger partial charge in [-0.25, -0.2) is 4.98 Å². The fourth-order valence-electron chi connectivity index (χ4n) is 3.96. The molecule has 0 aromatic carbocycles. The zero-order valence-corrected chi connectivity index (χ0v) is 11.7. The van der Waals surface area contributed by atoms with E-state index >= 15 is 0 Å². The highest BCUT2D eigenvalue weighted by Gasteiger charge is 2.42. The standard InChI is InChI=1S/C16H22N2O/c1-10-4-3-5-15(17-10)16(19)18-11(2)14-9-12-6-7-13(14)8-12/h3-5,11-14H,6-9H2,1-2H3,(H,18,19). The molecule has 0 aliphatic heterocycles. The maximum absolute atomic E-state index is 12.2. The van der Waals surface area contributed by atoms with Crippen LogP contribution in [0.4, 0.5) is 0 Å². The lowest BCUT2D eigenvalue weighted by molar-refractivity contribution is 0.0910. The van der Waals surface area contributed by atoms with E-state index in [0.29, 0.717) is 11.6 Å². The Labute approximate surface area is 114 Å². The number of rotatable bonds is 3. The van der Waals surface area contributed by atoms with Gasteiger partial charge < -0.3 is 5.32 Å². The third-order valence-electron chi connectivity index (χ3n) is 4.91. The highest BCUT2D eigenvalue weighted by Crippen LogP contribution is 2.49. The van der Waals surface area contributed by atoms with Gasteiger partial charge in [-0.15, -0.1) is 0 Å². The molecule has 1 aromatic heterocycles. The average Bonchev–Trinajstić information content (AvgIpc) is 3.00. The van der Waals surface area contributed by atoms with Crippen LogP contribution < -0.4 is 5.32 Å². The Kier molecular flexibility index (Phi) is 3.29. The number of aromatic nitrogens is 1. The quantitative estimate of drug-likeness (QED) is 0.905. The molecule has 4 unspecified atom stereocenters. The van der Waals surface area contributed by atoms with Crippen LogP contribution >= 0.6 is 0 Å². The molecule has 3 rings (SSSR count). The van der Waals surface area contributed by atoms with Crippen LogP contribution in [-0.2, 0) is 0 Å². The minimum atomic E-state index is -0.0287. The van der Waals surface area contributed by atoms with Gasteiger partial charge in [0.1, 0.15) is 5.69 Å². The number of carbonyl (C=O) groups is 1. The molecule has 2 aliphatic carbocycles. The van der Waals surface area contributed by atoms with Gasteiger partial charge in [-0.05, 0) is 63.0 Å². The number of hydrogen-bond donors (Lipinski definition) is 1. The molecule has 2 aliphatic rings. The molecule has 3 nitrogen and oxygen atoms in total. The van der Waals surface area contributed by atoms with E-state index in [4.69, 9.17) is 0 Å². The van der Waals surface area contributed by atoms with E-state index < -0.39 is 0 Å². The van der Waals surface area contributed by atoms with Gasteiger partial charge in [0.25, 0.3) is 5.91 Å². The van der Waals surface area contributed by atoms with Gasteiger partial charge in [0, 0.05) is 11.7 Å². The van der Waals surface area contributed by atoms with Crippen LogP contribution in [0.25, 0.3) is 0 Å². The number of amides is 1. The van der Waals surface area contributed by atoms with E-state index in [-0.39, 0.29) is 11.9 Å². The van der Waals surface area contributed by atoms with Gasteiger partial charge in [-0.1, -0.05) is 12.5 Å².